The summed E-state index contributed by atoms with van der Waals surface area (Å²) in [5.41, 5.74) is 3.12. The van der Waals surface area contributed by atoms with Gasteiger partial charge in [0, 0.05) is 13.1 Å². The van der Waals surface area contributed by atoms with Gasteiger partial charge in [-0.25, -0.2) is 9.78 Å². The minimum Gasteiger partial charge on any atom is -0.497 e. The first-order valence-corrected chi connectivity index (χ1v) is 11.0. The maximum atomic E-state index is 12.7. The molecule has 2 aliphatic rings. The van der Waals surface area contributed by atoms with E-state index < -0.39 is 5.60 Å². The molecule has 0 bridgehead atoms. The van der Waals surface area contributed by atoms with Gasteiger partial charge in [0.2, 0.25) is 0 Å². The molecular formula is C25H26N4O3. The number of carbonyl (C=O) groups is 1. The Hall–Kier alpha value is -3.53. The van der Waals surface area contributed by atoms with E-state index >= 15 is 0 Å². The number of ether oxygens (including phenoxy) is 2. The lowest BCUT2D eigenvalue weighted by molar-refractivity contribution is 0.00415. The van der Waals surface area contributed by atoms with Crippen LogP contribution in [-0.2, 0) is 17.8 Å². The number of methoxy groups -OCH3 is 1. The summed E-state index contributed by atoms with van der Waals surface area (Å²) in [6, 6.07) is 15.6. The van der Waals surface area contributed by atoms with Crippen LogP contribution in [0.1, 0.15) is 36.8 Å². The number of nitriles is 1. The van der Waals surface area contributed by atoms with Crippen molar-refractivity contribution in [1.82, 2.24) is 14.5 Å². The molecule has 7 nitrogen and oxygen atoms in total. The number of hydrogen-bond acceptors (Lipinski definition) is 5. The van der Waals surface area contributed by atoms with E-state index in [-0.39, 0.29) is 6.09 Å². The maximum absolute atomic E-state index is 12.7. The predicted octanol–water partition coefficient (Wildman–Crippen LogP) is 4.50. The van der Waals surface area contributed by atoms with Gasteiger partial charge < -0.3 is 14.0 Å². The summed E-state index contributed by atoms with van der Waals surface area (Å²) in [4.78, 5) is 19.0. The lowest BCUT2D eigenvalue weighted by Gasteiger charge is -2.36. The van der Waals surface area contributed by atoms with Crippen LogP contribution < -0.4 is 4.74 Å². The van der Waals surface area contributed by atoms with Gasteiger partial charge in [0.1, 0.15) is 11.4 Å². The molecule has 2 heterocycles. The molecule has 1 spiro atoms. The lowest BCUT2D eigenvalue weighted by atomic mass is 9.78. The van der Waals surface area contributed by atoms with Crippen LogP contribution >= 0.6 is 0 Å². The number of nitrogens with zero attached hydrogens (tertiary/aromatic N) is 4. The van der Waals surface area contributed by atoms with E-state index in [2.05, 4.69) is 15.6 Å². The standard InChI is InChI=1S/C25H26N4O3/c1-31-21-6-2-4-19(10-21)14-28-16-25(32-24(28)30)9-3-5-20(12-25)15-29-17-27-22-8-7-18(13-26)11-23(22)29/h2,4,6-8,10-11,17,20H,3,5,9,12,14-16H2,1H3/t20-,25-/m0/s1. The van der Waals surface area contributed by atoms with Crippen LogP contribution in [-0.4, -0.2) is 39.8 Å². The van der Waals surface area contributed by atoms with Crippen LogP contribution in [0.3, 0.4) is 0 Å². The fourth-order valence-corrected chi connectivity index (χ4v) is 5.19. The number of aromatic nitrogens is 2. The van der Waals surface area contributed by atoms with Gasteiger partial charge in [0.25, 0.3) is 0 Å². The molecule has 1 aromatic heterocycles. The van der Waals surface area contributed by atoms with Crippen molar-refractivity contribution >= 4 is 17.1 Å². The SMILES string of the molecule is COc1cccc(CN2C[C@@]3(CCC[C@H](Cn4cnc5ccc(C#N)cc54)C3)OC2=O)c1. The second kappa shape index (κ2) is 8.19. The number of rotatable bonds is 5. The molecule has 2 fully saturated rings. The highest BCUT2D eigenvalue weighted by atomic mass is 16.6. The first-order chi connectivity index (χ1) is 15.6. The zero-order chi connectivity index (χ0) is 22.1. The van der Waals surface area contributed by atoms with Gasteiger partial charge in [-0.05, 0) is 67.5 Å². The maximum Gasteiger partial charge on any atom is 0.410 e. The molecule has 0 unspecified atom stereocenters. The Morgan fingerprint density at radius 3 is 3.06 bits per heavy atom. The Bertz CT molecular complexity index is 1200. The van der Waals surface area contributed by atoms with Crippen molar-refractivity contribution in [3.05, 3.63) is 59.9 Å². The zero-order valence-corrected chi connectivity index (χ0v) is 18.2. The van der Waals surface area contributed by atoms with Crippen molar-refractivity contribution in [3.63, 3.8) is 0 Å². The largest absolute Gasteiger partial charge is 0.497 e. The van der Waals surface area contributed by atoms with E-state index in [1.165, 1.54) is 0 Å². The summed E-state index contributed by atoms with van der Waals surface area (Å²) in [7, 11) is 1.64. The smallest absolute Gasteiger partial charge is 0.410 e. The van der Waals surface area contributed by atoms with Gasteiger partial charge in [-0.15, -0.1) is 0 Å². The highest BCUT2D eigenvalue weighted by molar-refractivity contribution is 5.77. The normalized spacial score (nSPS) is 22.8. The first-order valence-electron chi connectivity index (χ1n) is 11.0. The summed E-state index contributed by atoms with van der Waals surface area (Å²) >= 11 is 0. The van der Waals surface area contributed by atoms with Gasteiger partial charge in [0.05, 0.1) is 42.6 Å². The second-order valence-electron chi connectivity index (χ2n) is 8.93. The zero-order valence-electron chi connectivity index (χ0n) is 18.2. The fourth-order valence-electron chi connectivity index (χ4n) is 5.19. The number of carbonyl (C=O) groups excluding carboxylic acids is 1. The molecule has 3 aromatic rings. The summed E-state index contributed by atoms with van der Waals surface area (Å²) < 4.78 is 13.4. The van der Waals surface area contributed by atoms with Gasteiger partial charge in [-0.2, -0.15) is 5.26 Å². The number of benzene rings is 2. The Morgan fingerprint density at radius 1 is 1.31 bits per heavy atom. The topological polar surface area (TPSA) is 80.4 Å². The van der Waals surface area contributed by atoms with Crippen LogP contribution in [0.5, 0.6) is 5.75 Å². The second-order valence-corrected chi connectivity index (χ2v) is 8.93. The average Bonchev–Trinajstić information content (AvgIpc) is 3.33. The quantitative estimate of drug-likeness (QED) is 0.595. The highest BCUT2D eigenvalue weighted by Gasteiger charge is 2.47. The van der Waals surface area contributed by atoms with Crippen LogP contribution in [0.4, 0.5) is 4.79 Å². The monoisotopic (exact) mass is 430 g/mol. The van der Waals surface area contributed by atoms with Gasteiger partial charge in [-0.1, -0.05) is 12.1 Å². The molecule has 1 aliphatic heterocycles. The summed E-state index contributed by atoms with van der Waals surface area (Å²) in [5, 5.41) is 9.23. The van der Waals surface area contributed by atoms with Crippen molar-refractivity contribution in [1.29, 1.82) is 5.26 Å². The number of hydrogen-bond donors (Lipinski definition) is 0. The van der Waals surface area contributed by atoms with Crippen molar-refractivity contribution in [2.75, 3.05) is 13.7 Å². The van der Waals surface area contributed by atoms with E-state index in [9.17, 15) is 10.1 Å². The highest BCUT2D eigenvalue weighted by Crippen LogP contribution is 2.41. The van der Waals surface area contributed by atoms with Crippen LogP contribution in [0.15, 0.2) is 48.8 Å². The molecule has 1 saturated heterocycles. The molecule has 1 saturated carbocycles. The molecule has 2 aromatic carbocycles. The Kier molecular flexibility index (Phi) is 5.22. The molecule has 1 aliphatic carbocycles. The summed E-state index contributed by atoms with van der Waals surface area (Å²) in [6.07, 6.45) is 5.47. The molecule has 7 heteroatoms. The van der Waals surface area contributed by atoms with Gasteiger partial charge >= 0.3 is 6.09 Å². The summed E-state index contributed by atoms with van der Waals surface area (Å²) in [5.74, 6) is 1.17. The van der Waals surface area contributed by atoms with Crippen LogP contribution in [0, 0.1) is 17.2 Å². The molecule has 0 N–H and O–H groups in total. The number of fused-ring (bicyclic) bond motifs is 1. The van der Waals surface area contributed by atoms with Crippen molar-refractivity contribution < 1.29 is 14.3 Å². The van der Waals surface area contributed by atoms with Gasteiger partial charge in [-0.3, -0.25) is 4.90 Å². The van der Waals surface area contributed by atoms with Crippen molar-refractivity contribution in [3.8, 4) is 11.8 Å². The van der Waals surface area contributed by atoms with E-state index in [0.29, 0.717) is 24.6 Å². The van der Waals surface area contributed by atoms with Crippen LogP contribution in [0.25, 0.3) is 11.0 Å². The number of imidazole rings is 1. The van der Waals surface area contributed by atoms with E-state index in [4.69, 9.17) is 9.47 Å². The number of amides is 1. The molecule has 0 radical (unpaired) electrons. The predicted molar refractivity (Wildman–Crippen MR) is 119 cm³/mol. The lowest BCUT2D eigenvalue weighted by Crippen LogP contribution is -2.40. The van der Waals surface area contributed by atoms with E-state index in [0.717, 1.165) is 54.6 Å². The van der Waals surface area contributed by atoms with Crippen molar-refractivity contribution in [2.24, 2.45) is 5.92 Å². The molecule has 1 amide bonds. The Morgan fingerprint density at radius 2 is 2.22 bits per heavy atom. The fraction of sp³-hybridized carbons (Fsp3) is 0.400. The molecule has 5 rings (SSSR count). The molecular weight excluding hydrogens is 404 g/mol. The summed E-state index contributed by atoms with van der Waals surface area (Å²) in [6.45, 7) is 1.94. The third-order valence-corrected chi connectivity index (χ3v) is 6.66. The Labute approximate surface area is 187 Å². The van der Waals surface area contributed by atoms with E-state index in [1.807, 2.05) is 47.6 Å². The molecule has 2 atom stereocenters. The minimum absolute atomic E-state index is 0.236. The minimum atomic E-state index is -0.424. The first kappa shape index (κ1) is 20.4. The molecule has 32 heavy (non-hydrogen) atoms. The van der Waals surface area contributed by atoms with Gasteiger partial charge in [0.15, 0.2) is 0 Å². The third-order valence-electron chi connectivity index (χ3n) is 6.66. The van der Waals surface area contributed by atoms with E-state index in [1.54, 1.807) is 13.2 Å². The van der Waals surface area contributed by atoms with Crippen LogP contribution in [0.2, 0.25) is 0 Å². The van der Waals surface area contributed by atoms with Crippen molar-refractivity contribution in [2.45, 2.75) is 44.4 Å². The average molecular weight is 431 g/mol. The Balaban J connectivity index is 1.29. The molecule has 164 valence electrons. The third kappa shape index (κ3) is 3.89.